The van der Waals surface area contributed by atoms with Gasteiger partial charge in [-0.05, 0) is 45.8 Å². The number of halogens is 1. The van der Waals surface area contributed by atoms with Gasteiger partial charge in [-0.2, -0.15) is 0 Å². The zero-order valence-corrected chi connectivity index (χ0v) is 18.8. The number of esters is 2. The van der Waals surface area contributed by atoms with Crippen molar-refractivity contribution < 1.29 is 33.3 Å². The molecule has 0 atom stereocenters. The van der Waals surface area contributed by atoms with Crippen molar-refractivity contribution in [3.8, 4) is 17.2 Å². The number of hydrogen-bond donors (Lipinski definition) is 1. The van der Waals surface area contributed by atoms with E-state index < -0.39 is 11.9 Å². The number of hydrogen-bond acceptors (Lipinski definition) is 8. The van der Waals surface area contributed by atoms with E-state index in [0.29, 0.717) is 34.8 Å². The number of benzene rings is 2. The molecule has 2 aromatic rings. The Labute approximate surface area is 183 Å². The van der Waals surface area contributed by atoms with Crippen molar-refractivity contribution in [3.63, 3.8) is 0 Å². The van der Waals surface area contributed by atoms with Gasteiger partial charge in [0.25, 0.3) is 0 Å². The molecule has 0 heterocycles. The van der Waals surface area contributed by atoms with Crippen molar-refractivity contribution in [1.29, 1.82) is 0 Å². The first-order valence-corrected chi connectivity index (χ1v) is 9.78. The van der Waals surface area contributed by atoms with Crippen LogP contribution in [0, 0.1) is 0 Å². The van der Waals surface area contributed by atoms with E-state index in [9.17, 15) is 9.59 Å². The monoisotopic (exact) mass is 481 g/mol. The predicted octanol–water partition coefficient (Wildman–Crippen LogP) is 3.21. The first kappa shape index (κ1) is 23.5. The number of nitrogens with one attached hydrogen (secondary N) is 1. The summed E-state index contributed by atoms with van der Waals surface area (Å²) in [6.45, 7) is 1.36. The molecular formula is C21H24BrNO7. The van der Waals surface area contributed by atoms with E-state index in [0.717, 1.165) is 5.56 Å². The van der Waals surface area contributed by atoms with Gasteiger partial charge >= 0.3 is 11.9 Å². The van der Waals surface area contributed by atoms with Gasteiger partial charge in [-0.15, -0.1) is 0 Å². The zero-order chi connectivity index (χ0) is 22.1. The maximum atomic E-state index is 12.1. The van der Waals surface area contributed by atoms with E-state index in [1.807, 2.05) is 12.1 Å². The summed E-state index contributed by atoms with van der Waals surface area (Å²) in [5.74, 6) is 0.523. The lowest BCUT2D eigenvalue weighted by Crippen LogP contribution is -2.21. The molecule has 0 unspecified atom stereocenters. The highest BCUT2D eigenvalue weighted by Gasteiger charge is 2.20. The second-order valence-corrected chi connectivity index (χ2v) is 6.92. The molecule has 8 nitrogen and oxygen atoms in total. The van der Waals surface area contributed by atoms with Crippen molar-refractivity contribution in [3.05, 3.63) is 51.5 Å². The summed E-state index contributed by atoms with van der Waals surface area (Å²) in [5.41, 5.74) is 1.33. The van der Waals surface area contributed by atoms with Gasteiger partial charge in [0.1, 0.15) is 29.4 Å². The number of carbonyl (C=O) groups is 2. The molecule has 0 amide bonds. The third-order valence-electron chi connectivity index (χ3n) is 4.14. The quantitative estimate of drug-likeness (QED) is 0.408. The van der Waals surface area contributed by atoms with E-state index in [1.165, 1.54) is 26.4 Å². The summed E-state index contributed by atoms with van der Waals surface area (Å²) in [7, 11) is 5.72. The Morgan fingerprint density at radius 3 is 2.10 bits per heavy atom. The Hall–Kier alpha value is -2.78. The van der Waals surface area contributed by atoms with Gasteiger partial charge in [0.05, 0.1) is 38.5 Å². The number of methoxy groups -OCH3 is 4. The third kappa shape index (κ3) is 6.11. The Balaban J connectivity index is 2.02. The number of rotatable bonds is 10. The lowest BCUT2D eigenvalue weighted by molar-refractivity contribution is 0.0595. The minimum absolute atomic E-state index is 0.129. The largest absolute Gasteiger partial charge is 0.497 e. The summed E-state index contributed by atoms with van der Waals surface area (Å²) in [4.78, 5) is 23.9. The van der Waals surface area contributed by atoms with Gasteiger partial charge in [0, 0.05) is 19.2 Å². The molecule has 0 aliphatic rings. The van der Waals surface area contributed by atoms with Crippen LogP contribution in [0.15, 0.2) is 34.8 Å². The zero-order valence-electron chi connectivity index (χ0n) is 17.2. The molecule has 162 valence electrons. The molecule has 0 bridgehead atoms. The lowest BCUT2D eigenvalue weighted by atomic mass is 10.1. The second-order valence-electron chi connectivity index (χ2n) is 6.06. The number of ether oxygens (including phenoxy) is 5. The van der Waals surface area contributed by atoms with E-state index in [1.54, 1.807) is 20.3 Å². The fourth-order valence-corrected chi connectivity index (χ4v) is 3.24. The van der Waals surface area contributed by atoms with Crippen molar-refractivity contribution in [2.24, 2.45) is 0 Å². The van der Waals surface area contributed by atoms with Gasteiger partial charge in [0.2, 0.25) is 0 Å². The van der Waals surface area contributed by atoms with Crippen molar-refractivity contribution in [1.82, 2.24) is 5.32 Å². The molecule has 2 aromatic carbocycles. The average Bonchev–Trinajstić information content (AvgIpc) is 2.77. The van der Waals surface area contributed by atoms with Crippen molar-refractivity contribution >= 4 is 27.9 Å². The van der Waals surface area contributed by atoms with Crippen LogP contribution in [-0.4, -0.2) is 53.5 Å². The maximum absolute atomic E-state index is 12.1. The van der Waals surface area contributed by atoms with Crippen molar-refractivity contribution in [2.45, 2.75) is 6.54 Å². The molecular weight excluding hydrogens is 458 g/mol. The standard InChI is InChI=1S/C21H24BrNO7/c1-26-15-7-13(8-16(11-15)27-2)12-23-5-6-30-19-17(21(25)29-4)9-14(10-18(19)22)20(24)28-3/h7-11,23H,5-6,12H2,1-4H3. The molecule has 0 aliphatic heterocycles. The molecule has 0 spiro atoms. The van der Waals surface area contributed by atoms with Crippen LogP contribution in [0.3, 0.4) is 0 Å². The van der Waals surface area contributed by atoms with Gasteiger partial charge in [0.15, 0.2) is 0 Å². The van der Waals surface area contributed by atoms with Gasteiger partial charge < -0.3 is 29.0 Å². The van der Waals surface area contributed by atoms with Gasteiger partial charge in [-0.3, -0.25) is 0 Å². The topological polar surface area (TPSA) is 92.3 Å². The summed E-state index contributed by atoms with van der Waals surface area (Å²) >= 11 is 3.34. The Morgan fingerprint density at radius 2 is 1.53 bits per heavy atom. The van der Waals surface area contributed by atoms with Gasteiger partial charge in [-0.1, -0.05) is 0 Å². The van der Waals surface area contributed by atoms with Crippen LogP contribution in [0.1, 0.15) is 26.3 Å². The van der Waals surface area contributed by atoms with Crippen LogP contribution >= 0.6 is 15.9 Å². The molecule has 30 heavy (non-hydrogen) atoms. The average molecular weight is 482 g/mol. The summed E-state index contributed by atoms with van der Waals surface area (Å²) in [6.07, 6.45) is 0. The SMILES string of the molecule is COC(=O)c1cc(Br)c(OCCNCc2cc(OC)cc(OC)c2)c(C(=O)OC)c1. The molecule has 2 rings (SSSR count). The Bertz CT molecular complexity index is 879. The van der Waals surface area contributed by atoms with E-state index in [2.05, 4.69) is 21.2 Å². The normalized spacial score (nSPS) is 10.3. The van der Waals surface area contributed by atoms with Crippen LogP contribution in [0.25, 0.3) is 0 Å². The van der Waals surface area contributed by atoms with E-state index >= 15 is 0 Å². The molecule has 9 heteroatoms. The summed E-state index contributed by atoms with van der Waals surface area (Å²) in [5, 5.41) is 3.25. The first-order valence-electron chi connectivity index (χ1n) is 8.99. The Morgan fingerprint density at radius 1 is 0.900 bits per heavy atom. The molecule has 0 aromatic heterocycles. The highest BCUT2D eigenvalue weighted by molar-refractivity contribution is 9.10. The van der Waals surface area contributed by atoms with Gasteiger partial charge in [-0.25, -0.2) is 9.59 Å². The smallest absolute Gasteiger partial charge is 0.341 e. The molecule has 0 saturated heterocycles. The summed E-state index contributed by atoms with van der Waals surface area (Å²) in [6, 6.07) is 8.54. The Kier molecular flexibility index (Phi) is 8.94. The molecule has 1 N–H and O–H groups in total. The first-order chi connectivity index (χ1) is 14.4. The number of carbonyl (C=O) groups excluding carboxylic acids is 2. The molecule has 0 radical (unpaired) electrons. The minimum Gasteiger partial charge on any atom is -0.497 e. The molecule has 0 aliphatic carbocycles. The van der Waals surface area contributed by atoms with Crippen LogP contribution in [0.2, 0.25) is 0 Å². The highest BCUT2D eigenvalue weighted by atomic mass is 79.9. The lowest BCUT2D eigenvalue weighted by Gasteiger charge is -2.14. The van der Waals surface area contributed by atoms with Crippen molar-refractivity contribution in [2.75, 3.05) is 41.6 Å². The van der Waals surface area contributed by atoms with E-state index in [-0.39, 0.29) is 17.7 Å². The predicted molar refractivity (Wildman–Crippen MR) is 114 cm³/mol. The van der Waals surface area contributed by atoms with Crippen LogP contribution < -0.4 is 19.5 Å². The van der Waals surface area contributed by atoms with Crippen LogP contribution in [0.5, 0.6) is 17.2 Å². The fraction of sp³-hybridized carbons (Fsp3) is 0.333. The highest BCUT2D eigenvalue weighted by Crippen LogP contribution is 2.32. The minimum atomic E-state index is -0.618. The third-order valence-corrected chi connectivity index (χ3v) is 4.72. The molecule has 0 fully saturated rings. The maximum Gasteiger partial charge on any atom is 0.341 e. The fourth-order valence-electron chi connectivity index (χ4n) is 2.66. The summed E-state index contributed by atoms with van der Waals surface area (Å²) < 4.78 is 26.3. The van der Waals surface area contributed by atoms with Crippen LogP contribution in [-0.2, 0) is 16.0 Å². The van der Waals surface area contributed by atoms with Crippen LogP contribution in [0.4, 0.5) is 0 Å². The molecule has 0 saturated carbocycles. The van der Waals surface area contributed by atoms with E-state index in [4.69, 9.17) is 23.7 Å². The second kappa shape index (κ2) is 11.4.